The molecule has 1 aromatic carbocycles. The number of esters is 1. The molecule has 0 aliphatic carbocycles. The van der Waals surface area contributed by atoms with Gasteiger partial charge in [-0.05, 0) is 37.6 Å². The van der Waals surface area contributed by atoms with Gasteiger partial charge in [0.05, 0.1) is 11.3 Å². The van der Waals surface area contributed by atoms with Crippen molar-refractivity contribution in [3.63, 3.8) is 0 Å². The molecule has 0 N–H and O–H groups in total. The van der Waals surface area contributed by atoms with E-state index < -0.39 is 5.97 Å². The van der Waals surface area contributed by atoms with E-state index in [1.54, 1.807) is 30.1 Å². The highest BCUT2D eigenvalue weighted by atomic mass is 16.5. The SMILES string of the molecule is CCc1nc(C)ncc1C(=O)Oc1ccc(-c2ncn(C)n2)cc1. The first kappa shape index (κ1) is 15.8. The van der Waals surface area contributed by atoms with Crippen molar-refractivity contribution in [2.24, 2.45) is 7.05 Å². The molecule has 24 heavy (non-hydrogen) atoms. The maximum atomic E-state index is 12.3. The summed E-state index contributed by atoms with van der Waals surface area (Å²) in [5, 5.41) is 4.23. The van der Waals surface area contributed by atoms with Crippen LogP contribution in [0.3, 0.4) is 0 Å². The monoisotopic (exact) mass is 323 g/mol. The zero-order valence-corrected chi connectivity index (χ0v) is 13.7. The lowest BCUT2D eigenvalue weighted by Crippen LogP contribution is -2.13. The Kier molecular flexibility index (Phi) is 4.33. The van der Waals surface area contributed by atoms with E-state index in [2.05, 4.69) is 20.1 Å². The summed E-state index contributed by atoms with van der Waals surface area (Å²) in [5.74, 6) is 1.24. The number of carbonyl (C=O) groups is 1. The molecule has 0 saturated carbocycles. The quantitative estimate of drug-likeness (QED) is 0.541. The lowest BCUT2D eigenvalue weighted by Gasteiger charge is -2.08. The molecule has 7 nitrogen and oxygen atoms in total. The third-order valence-corrected chi connectivity index (χ3v) is 3.47. The number of hydrogen-bond donors (Lipinski definition) is 0. The first-order valence-corrected chi connectivity index (χ1v) is 7.57. The normalized spacial score (nSPS) is 10.6. The van der Waals surface area contributed by atoms with Gasteiger partial charge in [-0.15, -0.1) is 0 Å². The molecule has 3 rings (SSSR count). The van der Waals surface area contributed by atoms with Gasteiger partial charge in [-0.1, -0.05) is 6.92 Å². The number of hydrogen-bond acceptors (Lipinski definition) is 6. The van der Waals surface area contributed by atoms with Gasteiger partial charge in [-0.2, -0.15) is 5.10 Å². The Labute approximate surface area is 139 Å². The molecule has 0 spiro atoms. The fourth-order valence-electron chi connectivity index (χ4n) is 2.26. The Hall–Kier alpha value is -3.09. The van der Waals surface area contributed by atoms with Gasteiger partial charge < -0.3 is 4.74 Å². The van der Waals surface area contributed by atoms with Crippen molar-refractivity contribution < 1.29 is 9.53 Å². The van der Waals surface area contributed by atoms with Crippen LogP contribution in [0.2, 0.25) is 0 Å². The zero-order chi connectivity index (χ0) is 17.1. The van der Waals surface area contributed by atoms with Gasteiger partial charge in [0.25, 0.3) is 0 Å². The molecule has 2 heterocycles. The lowest BCUT2D eigenvalue weighted by atomic mass is 10.2. The molecule has 0 aliphatic rings. The molecule has 2 aromatic heterocycles. The molecule has 0 aliphatic heterocycles. The average Bonchev–Trinajstić information content (AvgIpc) is 3.01. The summed E-state index contributed by atoms with van der Waals surface area (Å²) >= 11 is 0. The van der Waals surface area contributed by atoms with Crippen molar-refractivity contribution in [1.29, 1.82) is 0 Å². The highest BCUT2D eigenvalue weighted by Gasteiger charge is 2.15. The van der Waals surface area contributed by atoms with Gasteiger partial charge in [0.1, 0.15) is 17.9 Å². The fourth-order valence-corrected chi connectivity index (χ4v) is 2.26. The molecule has 0 bridgehead atoms. The van der Waals surface area contributed by atoms with Gasteiger partial charge in [-0.3, -0.25) is 4.68 Å². The smallest absolute Gasteiger partial charge is 0.346 e. The van der Waals surface area contributed by atoms with Crippen LogP contribution in [0.1, 0.15) is 28.8 Å². The third-order valence-electron chi connectivity index (χ3n) is 3.47. The van der Waals surface area contributed by atoms with Crippen LogP contribution in [0.15, 0.2) is 36.8 Å². The Morgan fingerprint density at radius 2 is 1.96 bits per heavy atom. The highest BCUT2D eigenvalue weighted by molar-refractivity contribution is 5.91. The van der Waals surface area contributed by atoms with E-state index in [4.69, 9.17) is 4.74 Å². The van der Waals surface area contributed by atoms with E-state index in [1.165, 1.54) is 6.20 Å². The Morgan fingerprint density at radius 1 is 1.21 bits per heavy atom. The Bertz CT molecular complexity index is 871. The molecule has 0 atom stereocenters. The zero-order valence-electron chi connectivity index (χ0n) is 13.7. The van der Waals surface area contributed by atoms with Crippen LogP contribution >= 0.6 is 0 Å². The second-order valence-corrected chi connectivity index (χ2v) is 5.29. The standard InChI is InChI=1S/C17H17N5O2/c1-4-15-14(9-18-11(2)20-15)17(23)24-13-7-5-12(6-8-13)16-19-10-22(3)21-16/h5-10H,4H2,1-3H3. The van der Waals surface area contributed by atoms with Crippen LogP contribution in [0.25, 0.3) is 11.4 Å². The molecular formula is C17H17N5O2. The molecule has 0 saturated heterocycles. The van der Waals surface area contributed by atoms with E-state index in [-0.39, 0.29) is 0 Å². The molecule has 3 aromatic rings. The number of nitrogens with zero attached hydrogens (tertiary/aromatic N) is 5. The van der Waals surface area contributed by atoms with E-state index in [1.807, 2.05) is 26.1 Å². The van der Waals surface area contributed by atoms with Crippen molar-refractivity contribution >= 4 is 5.97 Å². The minimum Gasteiger partial charge on any atom is -0.423 e. The van der Waals surface area contributed by atoms with Crippen LogP contribution in [0.5, 0.6) is 5.75 Å². The molecule has 122 valence electrons. The molecular weight excluding hydrogens is 306 g/mol. The summed E-state index contributed by atoms with van der Waals surface area (Å²) in [6, 6.07) is 7.04. The second-order valence-electron chi connectivity index (χ2n) is 5.29. The summed E-state index contributed by atoms with van der Waals surface area (Å²) < 4.78 is 7.05. The first-order valence-electron chi connectivity index (χ1n) is 7.57. The van der Waals surface area contributed by atoms with E-state index in [0.29, 0.717) is 35.1 Å². The molecule has 0 amide bonds. The number of aryl methyl sites for hydroxylation is 3. The summed E-state index contributed by atoms with van der Waals surface area (Å²) in [7, 11) is 1.81. The van der Waals surface area contributed by atoms with Crippen LogP contribution in [-0.2, 0) is 13.5 Å². The van der Waals surface area contributed by atoms with Gasteiger partial charge in [0, 0.05) is 18.8 Å². The first-order chi connectivity index (χ1) is 11.6. The number of rotatable bonds is 4. The number of benzene rings is 1. The third kappa shape index (κ3) is 3.29. The molecule has 0 fully saturated rings. The summed E-state index contributed by atoms with van der Waals surface area (Å²) in [6.07, 6.45) is 3.78. The number of ether oxygens (including phenoxy) is 1. The average molecular weight is 323 g/mol. The Balaban J connectivity index is 1.77. The van der Waals surface area contributed by atoms with Crippen molar-refractivity contribution in [2.45, 2.75) is 20.3 Å². The van der Waals surface area contributed by atoms with Gasteiger partial charge in [0.2, 0.25) is 0 Å². The van der Waals surface area contributed by atoms with Crippen LogP contribution in [-0.4, -0.2) is 30.7 Å². The molecule has 7 heteroatoms. The van der Waals surface area contributed by atoms with E-state index >= 15 is 0 Å². The summed E-state index contributed by atoms with van der Waals surface area (Å²) in [5.41, 5.74) is 1.92. The molecule has 0 unspecified atom stereocenters. The van der Waals surface area contributed by atoms with Gasteiger partial charge in [-0.25, -0.2) is 19.7 Å². The summed E-state index contributed by atoms with van der Waals surface area (Å²) in [4.78, 5) is 24.9. The number of carbonyl (C=O) groups excluding carboxylic acids is 1. The minimum atomic E-state index is -0.462. The van der Waals surface area contributed by atoms with Crippen molar-refractivity contribution in [2.75, 3.05) is 0 Å². The maximum absolute atomic E-state index is 12.3. The topological polar surface area (TPSA) is 82.8 Å². The van der Waals surface area contributed by atoms with E-state index in [0.717, 1.165) is 5.56 Å². The van der Waals surface area contributed by atoms with Crippen LogP contribution in [0.4, 0.5) is 0 Å². The van der Waals surface area contributed by atoms with Crippen molar-refractivity contribution in [3.8, 4) is 17.1 Å². The summed E-state index contributed by atoms with van der Waals surface area (Å²) in [6.45, 7) is 3.73. The van der Waals surface area contributed by atoms with Gasteiger partial charge in [0.15, 0.2) is 5.82 Å². The highest BCUT2D eigenvalue weighted by Crippen LogP contribution is 2.20. The fraction of sp³-hybridized carbons (Fsp3) is 0.235. The van der Waals surface area contributed by atoms with Crippen molar-refractivity contribution in [1.82, 2.24) is 24.7 Å². The molecule has 0 radical (unpaired) electrons. The van der Waals surface area contributed by atoms with Gasteiger partial charge >= 0.3 is 5.97 Å². The largest absolute Gasteiger partial charge is 0.423 e. The second kappa shape index (κ2) is 6.57. The minimum absolute atomic E-state index is 0.388. The number of aromatic nitrogens is 5. The van der Waals surface area contributed by atoms with E-state index in [9.17, 15) is 4.79 Å². The Morgan fingerprint density at radius 3 is 2.58 bits per heavy atom. The van der Waals surface area contributed by atoms with Crippen molar-refractivity contribution in [3.05, 3.63) is 53.9 Å². The lowest BCUT2D eigenvalue weighted by molar-refractivity contribution is 0.0732. The predicted octanol–water partition coefficient (Wildman–Crippen LogP) is 2.36. The predicted molar refractivity (Wildman–Crippen MR) is 87.5 cm³/mol. The maximum Gasteiger partial charge on any atom is 0.346 e. The van der Waals surface area contributed by atoms with Crippen LogP contribution in [0, 0.1) is 6.92 Å². The van der Waals surface area contributed by atoms with Crippen LogP contribution < -0.4 is 4.74 Å².